The number of carbonyl (C=O) groups excluding carboxylic acids is 1. The molecule has 104 valence electrons. The molecule has 1 saturated heterocycles. The maximum atomic E-state index is 11.8. The molecule has 0 atom stereocenters. The highest BCUT2D eigenvalue weighted by atomic mass is 16.2. The maximum absolute atomic E-state index is 11.8. The van der Waals surface area contributed by atoms with E-state index in [0.29, 0.717) is 5.69 Å². The van der Waals surface area contributed by atoms with E-state index in [9.17, 15) is 9.59 Å². The van der Waals surface area contributed by atoms with Gasteiger partial charge in [-0.1, -0.05) is 0 Å². The van der Waals surface area contributed by atoms with Crippen LogP contribution in [-0.4, -0.2) is 34.2 Å². The summed E-state index contributed by atoms with van der Waals surface area (Å²) in [5.41, 5.74) is 1.33. The topological polar surface area (TPSA) is 93.9 Å². The lowest BCUT2D eigenvalue weighted by molar-refractivity contribution is 0.101. The number of aromatic nitrogens is 3. The van der Waals surface area contributed by atoms with Crippen molar-refractivity contribution in [2.45, 2.75) is 12.8 Å². The zero-order valence-corrected chi connectivity index (χ0v) is 10.8. The first-order valence-corrected chi connectivity index (χ1v) is 6.53. The summed E-state index contributed by atoms with van der Waals surface area (Å²) in [6, 6.07) is 7.65. The average Bonchev–Trinajstić information content (AvgIpc) is 3.10. The Bertz CT molecular complexity index is 652. The molecule has 0 bridgehead atoms. The van der Waals surface area contributed by atoms with E-state index in [0.717, 1.165) is 18.8 Å². The number of hydrogen-bond donors (Lipinski definition) is 3. The molecule has 1 fully saturated rings. The molecule has 0 radical (unpaired) electrons. The molecule has 0 aliphatic carbocycles. The van der Waals surface area contributed by atoms with Crippen LogP contribution in [0.2, 0.25) is 0 Å². The van der Waals surface area contributed by atoms with Crippen molar-refractivity contribution in [2.75, 3.05) is 23.3 Å². The number of H-pyrrole nitrogens is 2. The zero-order valence-electron chi connectivity index (χ0n) is 10.8. The van der Waals surface area contributed by atoms with Crippen molar-refractivity contribution in [1.29, 1.82) is 0 Å². The van der Waals surface area contributed by atoms with Gasteiger partial charge in [-0.2, -0.15) is 0 Å². The summed E-state index contributed by atoms with van der Waals surface area (Å²) in [5, 5.41) is 8.41. The van der Waals surface area contributed by atoms with Gasteiger partial charge >= 0.3 is 5.69 Å². The predicted octanol–water partition coefficient (Wildman–Crippen LogP) is 0.950. The van der Waals surface area contributed by atoms with E-state index >= 15 is 0 Å². The molecule has 7 nitrogen and oxygen atoms in total. The van der Waals surface area contributed by atoms with E-state index in [-0.39, 0.29) is 5.82 Å². The summed E-state index contributed by atoms with van der Waals surface area (Å²) < 4.78 is 0. The molecule has 7 heteroatoms. The van der Waals surface area contributed by atoms with Gasteiger partial charge in [-0.15, -0.1) is 5.10 Å². The van der Waals surface area contributed by atoms with Gasteiger partial charge in [-0.05, 0) is 37.1 Å². The Hall–Kier alpha value is -2.57. The number of hydrogen-bond acceptors (Lipinski definition) is 4. The molecule has 3 rings (SSSR count). The molecule has 0 saturated carbocycles. The van der Waals surface area contributed by atoms with Gasteiger partial charge < -0.3 is 10.2 Å². The largest absolute Gasteiger partial charge is 0.372 e. The molecule has 2 heterocycles. The molecule has 0 spiro atoms. The molecular weight excluding hydrogens is 258 g/mol. The first-order valence-electron chi connectivity index (χ1n) is 6.53. The first kappa shape index (κ1) is 12.5. The quantitative estimate of drug-likeness (QED) is 0.776. The predicted molar refractivity (Wildman–Crippen MR) is 75.1 cm³/mol. The van der Waals surface area contributed by atoms with Crippen LogP contribution < -0.4 is 15.9 Å². The van der Waals surface area contributed by atoms with Gasteiger partial charge in [0.1, 0.15) is 0 Å². The normalized spacial score (nSPS) is 14.5. The van der Waals surface area contributed by atoms with Gasteiger partial charge in [-0.25, -0.2) is 9.89 Å². The smallest absolute Gasteiger partial charge is 0.341 e. The summed E-state index contributed by atoms with van der Waals surface area (Å²) in [6.45, 7) is 2.17. The van der Waals surface area contributed by atoms with E-state index in [1.165, 1.54) is 12.8 Å². The van der Waals surface area contributed by atoms with Gasteiger partial charge in [0.25, 0.3) is 5.91 Å². The van der Waals surface area contributed by atoms with Crippen LogP contribution in [0.4, 0.5) is 11.4 Å². The van der Waals surface area contributed by atoms with E-state index in [1.54, 1.807) is 0 Å². The Labute approximate surface area is 115 Å². The van der Waals surface area contributed by atoms with Crippen LogP contribution in [0.15, 0.2) is 29.1 Å². The Morgan fingerprint density at radius 3 is 2.50 bits per heavy atom. The third kappa shape index (κ3) is 2.56. The van der Waals surface area contributed by atoms with Crippen LogP contribution in [0.3, 0.4) is 0 Å². The Balaban J connectivity index is 1.68. The van der Waals surface area contributed by atoms with Crippen molar-refractivity contribution in [3.63, 3.8) is 0 Å². The first-order chi connectivity index (χ1) is 9.72. The van der Waals surface area contributed by atoms with E-state index in [1.807, 2.05) is 24.3 Å². The second-order valence-electron chi connectivity index (χ2n) is 4.72. The monoisotopic (exact) mass is 273 g/mol. The molecular formula is C13H15N5O2. The average molecular weight is 273 g/mol. The van der Waals surface area contributed by atoms with Crippen LogP contribution in [-0.2, 0) is 0 Å². The second-order valence-corrected chi connectivity index (χ2v) is 4.72. The number of rotatable bonds is 3. The van der Waals surface area contributed by atoms with Gasteiger partial charge in [0.15, 0.2) is 0 Å². The minimum Gasteiger partial charge on any atom is -0.372 e. The van der Waals surface area contributed by atoms with E-state index < -0.39 is 11.6 Å². The third-order valence-corrected chi connectivity index (χ3v) is 3.31. The lowest BCUT2D eigenvalue weighted by Crippen LogP contribution is -2.18. The van der Waals surface area contributed by atoms with Crippen molar-refractivity contribution in [3.05, 3.63) is 40.6 Å². The number of anilines is 2. The second kappa shape index (κ2) is 5.20. The maximum Gasteiger partial charge on any atom is 0.341 e. The molecule has 20 heavy (non-hydrogen) atoms. The molecule has 1 aliphatic rings. The molecule has 1 aliphatic heterocycles. The highest BCUT2D eigenvalue weighted by molar-refractivity contribution is 6.01. The van der Waals surface area contributed by atoms with Crippen LogP contribution in [0.25, 0.3) is 0 Å². The number of nitrogens with zero attached hydrogens (tertiary/aromatic N) is 2. The zero-order chi connectivity index (χ0) is 13.9. The molecule has 2 aromatic rings. The van der Waals surface area contributed by atoms with Gasteiger partial charge in [-0.3, -0.25) is 9.78 Å². The fourth-order valence-corrected chi connectivity index (χ4v) is 2.30. The summed E-state index contributed by atoms with van der Waals surface area (Å²) in [4.78, 5) is 27.3. The number of carbonyl (C=O) groups is 1. The van der Waals surface area contributed by atoms with Crippen LogP contribution in [0.1, 0.15) is 23.5 Å². The highest BCUT2D eigenvalue weighted by Gasteiger charge is 2.13. The standard InChI is InChI=1S/C13H15N5O2/c19-12(11-15-13(20)17-16-11)14-9-3-5-10(6-4-9)18-7-1-2-8-18/h3-6H,1-2,7-8H2,(H,14,19)(H2,15,16,17,20). The Morgan fingerprint density at radius 2 is 1.90 bits per heavy atom. The Morgan fingerprint density at radius 1 is 1.20 bits per heavy atom. The van der Waals surface area contributed by atoms with Gasteiger partial charge in [0.05, 0.1) is 0 Å². The van der Waals surface area contributed by atoms with Crippen molar-refractivity contribution in [1.82, 2.24) is 15.2 Å². The van der Waals surface area contributed by atoms with Crippen LogP contribution in [0.5, 0.6) is 0 Å². The summed E-state index contributed by atoms with van der Waals surface area (Å²) in [5.74, 6) is -0.476. The minimum atomic E-state index is -0.500. The molecule has 3 N–H and O–H groups in total. The minimum absolute atomic E-state index is 0.0291. The van der Waals surface area contributed by atoms with E-state index in [2.05, 4.69) is 25.4 Å². The van der Waals surface area contributed by atoms with Crippen LogP contribution in [0, 0.1) is 0 Å². The fraction of sp³-hybridized carbons (Fsp3) is 0.308. The summed E-state index contributed by atoms with van der Waals surface area (Å²) in [7, 11) is 0. The number of nitrogens with one attached hydrogen (secondary N) is 3. The van der Waals surface area contributed by atoms with Gasteiger partial charge in [0.2, 0.25) is 5.82 Å². The lowest BCUT2D eigenvalue weighted by Gasteiger charge is -2.17. The summed E-state index contributed by atoms with van der Waals surface area (Å²) in [6.07, 6.45) is 2.45. The lowest BCUT2D eigenvalue weighted by atomic mass is 10.2. The van der Waals surface area contributed by atoms with Crippen LogP contribution >= 0.6 is 0 Å². The van der Waals surface area contributed by atoms with Crippen molar-refractivity contribution in [2.24, 2.45) is 0 Å². The Kier molecular flexibility index (Phi) is 3.24. The fourth-order valence-electron chi connectivity index (χ4n) is 2.30. The SMILES string of the molecule is O=C(Nc1ccc(N2CCCC2)cc1)c1n[nH]c(=O)[nH]1. The molecule has 0 unspecified atom stereocenters. The molecule has 1 aromatic heterocycles. The number of amides is 1. The van der Waals surface area contributed by atoms with Gasteiger partial charge in [0, 0.05) is 24.5 Å². The van der Waals surface area contributed by atoms with Crippen molar-refractivity contribution < 1.29 is 4.79 Å². The van der Waals surface area contributed by atoms with Crippen molar-refractivity contribution in [3.8, 4) is 0 Å². The molecule has 1 aromatic carbocycles. The van der Waals surface area contributed by atoms with Crippen molar-refractivity contribution >= 4 is 17.3 Å². The molecule has 1 amide bonds. The number of benzene rings is 1. The summed E-state index contributed by atoms with van der Waals surface area (Å²) >= 11 is 0. The number of aromatic amines is 2. The third-order valence-electron chi connectivity index (χ3n) is 3.31. The highest BCUT2D eigenvalue weighted by Crippen LogP contribution is 2.22. The van der Waals surface area contributed by atoms with E-state index in [4.69, 9.17) is 0 Å².